The highest BCUT2D eigenvalue weighted by atomic mass is 35.5. The number of carbonyl (C=O) groups excluding carboxylic acids is 1. The van der Waals surface area contributed by atoms with E-state index >= 15 is 0 Å². The van der Waals surface area contributed by atoms with Crippen LogP contribution in [0.25, 0.3) is 5.95 Å². The lowest BCUT2D eigenvalue weighted by atomic mass is 10.2. The maximum atomic E-state index is 12.4. The maximum Gasteiger partial charge on any atom is 0.282 e. The van der Waals surface area contributed by atoms with E-state index in [4.69, 9.17) is 33.2 Å². The number of nitriles is 1. The van der Waals surface area contributed by atoms with E-state index in [1.54, 1.807) is 36.5 Å². The van der Waals surface area contributed by atoms with E-state index in [9.17, 15) is 4.79 Å². The Morgan fingerprint density at radius 2 is 1.83 bits per heavy atom. The molecule has 8 nitrogen and oxygen atoms in total. The number of nitrogens with zero attached hydrogens (tertiary/aromatic N) is 6. The van der Waals surface area contributed by atoms with Gasteiger partial charge in [0.2, 0.25) is 0 Å². The molecule has 0 saturated carbocycles. The van der Waals surface area contributed by atoms with Gasteiger partial charge in [0.05, 0.1) is 18.0 Å². The number of hydrogen-bond acceptors (Lipinski definition) is 6. The third kappa shape index (κ3) is 4.03. The summed E-state index contributed by atoms with van der Waals surface area (Å²) in [6.07, 6.45) is 7.49. The molecule has 4 rings (SSSR count). The Morgan fingerprint density at radius 3 is 2.50 bits per heavy atom. The van der Waals surface area contributed by atoms with E-state index < -0.39 is 0 Å². The minimum atomic E-state index is -0.369. The number of rotatable bonds is 5. The van der Waals surface area contributed by atoms with Crippen LogP contribution in [-0.4, -0.2) is 30.2 Å². The molecule has 3 heterocycles. The lowest BCUT2D eigenvalue weighted by molar-refractivity contribution is 0.0955. The van der Waals surface area contributed by atoms with Gasteiger partial charge in [0.25, 0.3) is 11.9 Å². The van der Waals surface area contributed by atoms with Crippen LogP contribution in [-0.2, 0) is 6.61 Å². The number of ether oxygens (including phenoxy) is 1. The fourth-order valence-electron chi connectivity index (χ4n) is 2.60. The predicted octanol–water partition coefficient (Wildman–Crippen LogP) is 3.91. The van der Waals surface area contributed by atoms with E-state index in [2.05, 4.69) is 15.1 Å². The number of halogens is 2. The third-order valence-corrected chi connectivity index (χ3v) is 4.84. The van der Waals surface area contributed by atoms with Gasteiger partial charge in [0.1, 0.15) is 12.7 Å². The molecule has 0 radical (unpaired) electrons. The van der Waals surface area contributed by atoms with Gasteiger partial charge in [-0.15, -0.1) is 0 Å². The van der Waals surface area contributed by atoms with Crippen molar-refractivity contribution < 1.29 is 9.53 Å². The van der Waals surface area contributed by atoms with Gasteiger partial charge < -0.3 is 4.74 Å². The molecule has 148 valence electrons. The Morgan fingerprint density at radius 1 is 1.10 bits per heavy atom. The molecular weight excluding hydrogens is 427 g/mol. The van der Waals surface area contributed by atoms with Gasteiger partial charge in [0.15, 0.2) is 11.4 Å². The first-order valence-electron chi connectivity index (χ1n) is 8.62. The summed E-state index contributed by atoms with van der Waals surface area (Å²) < 4.78 is 8.32. The molecule has 0 saturated heterocycles. The molecule has 0 atom stereocenters. The van der Waals surface area contributed by atoms with Gasteiger partial charge in [-0.1, -0.05) is 29.3 Å². The van der Waals surface area contributed by atoms with Gasteiger partial charge in [-0.25, -0.2) is 14.6 Å². The summed E-state index contributed by atoms with van der Waals surface area (Å²) in [6.45, 7) is 0.170. The molecule has 0 spiro atoms. The van der Waals surface area contributed by atoms with E-state index in [-0.39, 0.29) is 24.2 Å². The molecule has 0 unspecified atom stereocenters. The number of benzene rings is 1. The van der Waals surface area contributed by atoms with Crippen molar-refractivity contribution in [2.24, 2.45) is 0 Å². The van der Waals surface area contributed by atoms with Gasteiger partial charge in [-0.3, -0.25) is 9.36 Å². The zero-order valence-electron chi connectivity index (χ0n) is 15.2. The van der Waals surface area contributed by atoms with Crippen LogP contribution in [0.5, 0.6) is 5.75 Å². The Bertz CT molecular complexity index is 1240. The Kier molecular flexibility index (Phi) is 5.48. The number of carbonyl (C=O) groups is 1. The molecule has 0 N–H and O–H groups in total. The van der Waals surface area contributed by atoms with Gasteiger partial charge in [0, 0.05) is 34.2 Å². The summed E-state index contributed by atoms with van der Waals surface area (Å²) in [5.74, 6) is 0.323. The van der Waals surface area contributed by atoms with Crippen molar-refractivity contribution in [2.45, 2.75) is 6.61 Å². The molecule has 4 aromatic rings. The minimum Gasteiger partial charge on any atom is -0.486 e. The van der Waals surface area contributed by atoms with Crippen LogP contribution in [0, 0.1) is 11.3 Å². The van der Waals surface area contributed by atoms with Crippen LogP contribution in [0.2, 0.25) is 10.0 Å². The average molecular weight is 439 g/mol. The normalized spacial score (nSPS) is 10.6. The fraction of sp³-hybridized carbons (Fsp3) is 0.0500. The van der Waals surface area contributed by atoms with Gasteiger partial charge >= 0.3 is 0 Å². The van der Waals surface area contributed by atoms with Crippen LogP contribution < -0.4 is 4.74 Å². The topological polar surface area (TPSA) is 98.6 Å². The summed E-state index contributed by atoms with van der Waals surface area (Å²) in [7, 11) is 0. The average Bonchev–Trinajstić information content (AvgIpc) is 3.43. The zero-order chi connectivity index (χ0) is 21.1. The standard InChI is InChI=1S/C20H12Cl2N6O2/c21-16-2-1-3-17(22)15(16)12-30-14-9-24-20(25-10-14)28-7-5-18(26-28)19(29)27-6-4-13(8-23)11-27/h1-7,9-11H,12H2. The quantitative estimate of drug-likeness (QED) is 0.468. The summed E-state index contributed by atoms with van der Waals surface area (Å²) in [5.41, 5.74) is 1.25. The predicted molar refractivity (Wildman–Crippen MR) is 109 cm³/mol. The van der Waals surface area contributed by atoms with Crippen LogP contribution in [0.1, 0.15) is 21.6 Å². The number of aromatic nitrogens is 5. The van der Waals surface area contributed by atoms with Crippen LogP contribution >= 0.6 is 23.2 Å². The van der Waals surface area contributed by atoms with Crippen LogP contribution in [0.4, 0.5) is 0 Å². The monoisotopic (exact) mass is 438 g/mol. The second-order valence-electron chi connectivity index (χ2n) is 6.08. The van der Waals surface area contributed by atoms with Crippen molar-refractivity contribution in [1.29, 1.82) is 5.26 Å². The molecular formula is C20H12Cl2N6O2. The number of hydrogen-bond donors (Lipinski definition) is 0. The first-order valence-corrected chi connectivity index (χ1v) is 9.37. The summed E-state index contributed by atoms with van der Waals surface area (Å²) >= 11 is 12.3. The van der Waals surface area contributed by atoms with Gasteiger partial charge in [-0.2, -0.15) is 10.4 Å². The van der Waals surface area contributed by atoms with Crippen LogP contribution in [0.3, 0.4) is 0 Å². The SMILES string of the molecule is N#Cc1ccn(C(=O)c2ccn(-c3ncc(OCc4c(Cl)cccc4Cl)cn3)n2)c1. The minimum absolute atomic E-state index is 0.170. The zero-order valence-corrected chi connectivity index (χ0v) is 16.7. The Labute approximate surface area is 180 Å². The van der Waals surface area contributed by atoms with E-state index in [1.165, 1.54) is 34.0 Å². The molecule has 10 heteroatoms. The fourth-order valence-corrected chi connectivity index (χ4v) is 3.11. The summed E-state index contributed by atoms with van der Waals surface area (Å²) in [6, 6.07) is 10.3. The molecule has 0 aliphatic carbocycles. The second-order valence-corrected chi connectivity index (χ2v) is 6.89. The van der Waals surface area contributed by atoms with E-state index in [1.807, 2.05) is 6.07 Å². The van der Waals surface area contributed by atoms with Crippen molar-refractivity contribution >= 4 is 29.1 Å². The largest absolute Gasteiger partial charge is 0.486 e. The highest BCUT2D eigenvalue weighted by Crippen LogP contribution is 2.25. The molecule has 0 fully saturated rings. The highest BCUT2D eigenvalue weighted by molar-refractivity contribution is 6.35. The van der Waals surface area contributed by atoms with E-state index in [0.717, 1.165) is 0 Å². The van der Waals surface area contributed by atoms with Crippen molar-refractivity contribution in [3.8, 4) is 17.8 Å². The Balaban J connectivity index is 1.46. The molecule has 30 heavy (non-hydrogen) atoms. The molecule has 0 amide bonds. The summed E-state index contributed by atoms with van der Waals surface area (Å²) in [5, 5.41) is 14.1. The highest BCUT2D eigenvalue weighted by Gasteiger charge is 2.14. The first kappa shape index (κ1) is 19.6. The van der Waals surface area contributed by atoms with Crippen molar-refractivity contribution in [1.82, 2.24) is 24.3 Å². The lowest BCUT2D eigenvalue weighted by Crippen LogP contribution is -2.11. The molecule has 0 bridgehead atoms. The van der Waals surface area contributed by atoms with Crippen molar-refractivity contribution in [3.05, 3.63) is 88.2 Å². The smallest absolute Gasteiger partial charge is 0.282 e. The molecule has 0 aliphatic heterocycles. The Hall–Kier alpha value is -3.67. The van der Waals surface area contributed by atoms with Gasteiger partial charge in [-0.05, 0) is 24.3 Å². The van der Waals surface area contributed by atoms with Crippen molar-refractivity contribution in [3.63, 3.8) is 0 Å². The first-order chi connectivity index (χ1) is 14.5. The van der Waals surface area contributed by atoms with E-state index in [0.29, 0.717) is 26.9 Å². The molecule has 1 aromatic carbocycles. The van der Waals surface area contributed by atoms with Crippen LogP contribution in [0.15, 0.2) is 61.3 Å². The maximum absolute atomic E-state index is 12.4. The second kappa shape index (κ2) is 8.37. The molecule has 0 aliphatic rings. The third-order valence-electron chi connectivity index (χ3n) is 4.13. The summed E-state index contributed by atoms with van der Waals surface area (Å²) in [4.78, 5) is 20.9. The lowest BCUT2D eigenvalue weighted by Gasteiger charge is -2.09. The molecule has 3 aromatic heterocycles. The van der Waals surface area contributed by atoms with Crippen molar-refractivity contribution in [2.75, 3.05) is 0 Å².